The van der Waals surface area contributed by atoms with Gasteiger partial charge in [0.05, 0.1) is 5.56 Å². The summed E-state index contributed by atoms with van der Waals surface area (Å²) < 4.78 is 0. The summed E-state index contributed by atoms with van der Waals surface area (Å²) in [6.45, 7) is 3.62. The number of pyridine rings is 1. The topological polar surface area (TPSA) is 81.0 Å². The van der Waals surface area contributed by atoms with Crippen molar-refractivity contribution in [2.75, 3.05) is 20.1 Å². The number of nitrogens with one attached hydrogen (secondary N) is 2. The van der Waals surface area contributed by atoms with Crippen LogP contribution in [-0.2, 0) is 0 Å². The molecule has 1 aliphatic rings. The first-order valence-corrected chi connectivity index (χ1v) is 6.22. The average Bonchev–Trinajstić information content (AvgIpc) is 2.83. The van der Waals surface area contributed by atoms with E-state index in [0.29, 0.717) is 29.8 Å². The van der Waals surface area contributed by atoms with Gasteiger partial charge in [0.15, 0.2) is 0 Å². The van der Waals surface area contributed by atoms with Crippen molar-refractivity contribution in [1.82, 2.24) is 20.7 Å². The Balaban J connectivity index is 2.00. The Kier molecular flexibility index (Phi) is 4.10. The Morgan fingerprint density at radius 3 is 2.95 bits per heavy atom. The first-order valence-electron chi connectivity index (χ1n) is 6.22. The van der Waals surface area contributed by atoms with E-state index in [1.165, 1.54) is 6.20 Å². The van der Waals surface area contributed by atoms with Crippen molar-refractivity contribution in [2.24, 2.45) is 5.92 Å². The normalized spacial score (nSPS) is 21.9. The van der Waals surface area contributed by atoms with Gasteiger partial charge in [-0.05, 0) is 19.1 Å². The molecular weight excluding hydrogens is 242 g/mol. The first-order chi connectivity index (χ1) is 9.11. The molecule has 2 heterocycles. The zero-order chi connectivity index (χ0) is 13.8. The Labute approximate surface area is 112 Å². The number of amides is 1. The molecule has 19 heavy (non-hydrogen) atoms. The molecule has 6 nitrogen and oxygen atoms in total. The number of carbonyl (C=O) groups excluding carboxylic acids is 1. The maximum absolute atomic E-state index is 12.2. The molecule has 2 atom stereocenters. The molecule has 2 unspecified atom stereocenters. The van der Waals surface area contributed by atoms with Crippen molar-refractivity contribution in [3.05, 3.63) is 29.6 Å². The highest BCUT2D eigenvalue weighted by atomic mass is 16.2. The summed E-state index contributed by atoms with van der Waals surface area (Å²) in [5.41, 5.74) is 7.04. The van der Waals surface area contributed by atoms with Crippen molar-refractivity contribution in [1.29, 1.82) is 5.26 Å². The van der Waals surface area contributed by atoms with E-state index in [9.17, 15) is 4.79 Å². The number of nitrogens with zero attached hydrogens (tertiary/aromatic N) is 3. The number of hydrogen-bond acceptors (Lipinski definition) is 5. The van der Waals surface area contributed by atoms with Gasteiger partial charge in [-0.3, -0.25) is 15.6 Å². The Hall–Kier alpha value is -1.97. The lowest BCUT2D eigenvalue weighted by Gasteiger charge is -2.22. The lowest BCUT2D eigenvalue weighted by atomic mass is 10.0. The van der Waals surface area contributed by atoms with Gasteiger partial charge < -0.3 is 4.90 Å². The molecule has 0 aliphatic carbocycles. The van der Waals surface area contributed by atoms with Gasteiger partial charge in [0.2, 0.25) is 0 Å². The van der Waals surface area contributed by atoms with E-state index in [-0.39, 0.29) is 5.91 Å². The predicted molar refractivity (Wildman–Crippen MR) is 70.0 cm³/mol. The minimum Gasteiger partial charge on any atom is -0.341 e. The molecule has 1 saturated heterocycles. The first kappa shape index (κ1) is 13.5. The van der Waals surface area contributed by atoms with Gasteiger partial charge in [0, 0.05) is 38.3 Å². The standard InChI is InChI=1S/C13H17N5O/c1-9-11(7-16-17-9)8-18(2)13(19)10-3-4-12(5-14)15-6-10/h3-4,6,9,11,16-17H,7-8H2,1-2H3. The van der Waals surface area contributed by atoms with Crippen LogP contribution in [0.2, 0.25) is 0 Å². The maximum Gasteiger partial charge on any atom is 0.255 e. The summed E-state index contributed by atoms with van der Waals surface area (Å²) in [6.07, 6.45) is 1.45. The fourth-order valence-corrected chi connectivity index (χ4v) is 2.11. The van der Waals surface area contributed by atoms with Crippen LogP contribution in [0.1, 0.15) is 23.0 Å². The van der Waals surface area contributed by atoms with Crippen LogP contribution >= 0.6 is 0 Å². The second-order valence-electron chi connectivity index (χ2n) is 4.80. The van der Waals surface area contributed by atoms with Crippen LogP contribution in [0.15, 0.2) is 18.3 Å². The molecule has 0 spiro atoms. The zero-order valence-corrected chi connectivity index (χ0v) is 11.1. The highest BCUT2D eigenvalue weighted by molar-refractivity contribution is 5.93. The molecule has 2 rings (SSSR count). The molecule has 100 valence electrons. The third-order valence-electron chi connectivity index (χ3n) is 3.38. The summed E-state index contributed by atoms with van der Waals surface area (Å²) in [5.74, 6) is 0.316. The van der Waals surface area contributed by atoms with Crippen molar-refractivity contribution in [3.63, 3.8) is 0 Å². The van der Waals surface area contributed by atoms with E-state index in [4.69, 9.17) is 5.26 Å². The van der Waals surface area contributed by atoms with Gasteiger partial charge in [0.25, 0.3) is 5.91 Å². The highest BCUT2D eigenvalue weighted by Crippen LogP contribution is 2.11. The Bertz CT molecular complexity index is 493. The van der Waals surface area contributed by atoms with Gasteiger partial charge in [-0.2, -0.15) is 5.26 Å². The Morgan fingerprint density at radius 1 is 1.63 bits per heavy atom. The van der Waals surface area contributed by atoms with E-state index in [2.05, 4.69) is 22.8 Å². The summed E-state index contributed by atoms with van der Waals surface area (Å²) in [4.78, 5) is 17.8. The number of rotatable bonds is 3. The number of hydrazine groups is 1. The molecule has 0 radical (unpaired) electrons. The molecule has 2 N–H and O–H groups in total. The lowest BCUT2D eigenvalue weighted by Crippen LogP contribution is -2.36. The van der Waals surface area contributed by atoms with Gasteiger partial charge in [-0.15, -0.1) is 0 Å². The number of hydrogen-bond donors (Lipinski definition) is 2. The van der Waals surface area contributed by atoms with Crippen LogP contribution in [0.3, 0.4) is 0 Å². The number of nitriles is 1. The fourth-order valence-electron chi connectivity index (χ4n) is 2.11. The van der Waals surface area contributed by atoms with Crippen LogP contribution in [0, 0.1) is 17.2 Å². The second-order valence-corrected chi connectivity index (χ2v) is 4.80. The summed E-state index contributed by atoms with van der Waals surface area (Å²) in [6, 6.07) is 5.47. The average molecular weight is 259 g/mol. The van der Waals surface area contributed by atoms with Gasteiger partial charge in [0.1, 0.15) is 11.8 Å². The van der Waals surface area contributed by atoms with E-state index >= 15 is 0 Å². The SMILES string of the molecule is CC1NNCC1CN(C)C(=O)c1ccc(C#N)nc1. The molecule has 1 aliphatic heterocycles. The van der Waals surface area contributed by atoms with Crippen LogP contribution in [0.25, 0.3) is 0 Å². The summed E-state index contributed by atoms with van der Waals surface area (Å²) in [7, 11) is 1.78. The van der Waals surface area contributed by atoms with Crippen LogP contribution in [0.5, 0.6) is 0 Å². The molecule has 0 aromatic carbocycles. The van der Waals surface area contributed by atoms with Gasteiger partial charge >= 0.3 is 0 Å². The number of aromatic nitrogens is 1. The highest BCUT2D eigenvalue weighted by Gasteiger charge is 2.25. The van der Waals surface area contributed by atoms with E-state index in [1.807, 2.05) is 6.07 Å². The van der Waals surface area contributed by atoms with Crippen LogP contribution < -0.4 is 10.9 Å². The molecule has 1 fully saturated rings. The van der Waals surface area contributed by atoms with Crippen molar-refractivity contribution >= 4 is 5.91 Å². The third kappa shape index (κ3) is 3.08. The minimum absolute atomic E-state index is 0.0731. The number of carbonyl (C=O) groups is 1. The minimum atomic E-state index is -0.0731. The van der Waals surface area contributed by atoms with Crippen molar-refractivity contribution in [3.8, 4) is 6.07 Å². The molecule has 1 amide bonds. The zero-order valence-electron chi connectivity index (χ0n) is 11.1. The monoisotopic (exact) mass is 259 g/mol. The lowest BCUT2D eigenvalue weighted by molar-refractivity contribution is 0.0772. The summed E-state index contributed by atoms with van der Waals surface area (Å²) >= 11 is 0. The molecule has 0 bridgehead atoms. The fraction of sp³-hybridized carbons (Fsp3) is 0.462. The summed E-state index contributed by atoms with van der Waals surface area (Å²) in [5, 5.41) is 8.67. The van der Waals surface area contributed by atoms with Crippen molar-refractivity contribution in [2.45, 2.75) is 13.0 Å². The second kappa shape index (κ2) is 5.78. The van der Waals surface area contributed by atoms with Gasteiger partial charge in [-0.1, -0.05) is 0 Å². The Morgan fingerprint density at radius 2 is 2.42 bits per heavy atom. The molecular formula is C13H17N5O. The van der Waals surface area contributed by atoms with E-state index in [0.717, 1.165) is 6.54 Å². The molecule has 1 aromatic heterocycles. The smallest absolute Gasteiger partial charge is 0.255 e. The molecule has 0 saturated carbocycles. The molecule has 6 heteroatoms. The maximum atomic E-state index is 12.2. The molecule has 1 aromatic rings. The van der Waals surface area contributed by atoms with Gasteiger partial charge in [-0.25, -0.2) is 4.98 Å². The third-order valence-corrected chi connectivity index (χ3v) is 3.38. The predicted octanol–water partition coefficient (Wildman–Crippen LogP) is 0.138. The quantitative estimate of drug-likeness (QED) is 0.807. The van der Waals surface area contributed by atoms with E-state index in [1.54, 1.807) is 24.1 Å². The van der Waals surface area contributed by atoms with Crippen molar-refractivity contribution < 1.29 is 4.79 Å². The van der Waals surface area contributed by atoms with E-state index < -0.39 is 0 Å². The largest absolute Gasteiger partial charge is 0.341 e. The van der Waals surface area contributed by atoms with Crippen LogP contribution in [-0.4, -0.2) is 42.0 Å². The van der Waals surface area contributed by atoms with Crippen LogP contribution in [0.4, 0.5) is 0 Å².